The van der Waals surface area contributed by atoms with Gasteiger partial charge < -0.3 is 33.8 Å². The average Bonchev–Trinajstić information content (AvgIpc) is 0.900. The van der Waals surface area contributed by atoms with Crippen molar-refractivity contribution in [3.05, 3.63) is 0 Å². The predicted molar refractivity (Wildman–Crippen MR) is 442 cm³/mol. The number of phosphoric ester groups is 2. The van der Waals surface area contributed by atoms with Crippen LogP contribution in [0.25, 0.3) is 0 Å². The van der Waals surface area contributed by atoms with E-state index in [1.54, 1.807) is 0 Å². The largest absolute Gasteiger partial charge is 0.472 e. The fraction of sp³-hybridized carbons (Fsp3) is 0.955. The van der Waals surface area contributed by atoms with Crippen LogP contribution >= 0.6 is 15.6 Å². The van der Waals surface area contributed by atoms with Crippen molar-refractivity contribution >= 4 is 39.5 Å². The van der Waals surface area contributed by atoms with Crippen LogP contribution < -0.4 is 0 Å². The second kappa shape index (κ2) is 80.7. The molecule has 3 unspecified atom stereocenters. The highest BCUT2D eigenvalue weighted by Gasteiger charge is 2.30. The lowest BCUT2D eigenvalue weighted by molar-refractivity contribution is -0.161. The molecular formula is C88H172O17P2. The van der Waals surface area contributed by atoms with E-state index in [-0.39, 0.29) is 25.7 Å². The maximum atomic E-state index is 13.2. The molecule has 0 saturated heterocycles. The van der Waals surface area contributed by atoms with Crippen molar-refractivity contribution in [2.45, 2.75) is 496 Å². The molecular weight excluding hydrogens is 1390 g/mol. The number of carbonyl (C=O) groups is 4. The van der Waals surface area contributed by atoms with Crippen molar-refractivity contribution in [3.8, 4) is 0 Å². The highest BCUT2D eigenvalue weighted by molar-refractivity contribution is 7.47. The minimum atomic E-state index is -4.97. The van der Waals surface area contributed by atoms with Gasteiger partial charge in [0.2, 0.25) is 0 Å². The fourth-order valence-corrected chi connectivity index (χ4v) is 15.4. The molecule has 0 spiro atoms. The number of aliphatic hydroxyl groups is 1. The molecule has 0 amide bonds. The molecule has 0 rings (SSSR count). The van der Waals surface area contributed by atoms with Gasteiger partial charge in [-0.25, -0.2) is 9.13 Å². The van der Waals surface area contributed by atoms with Gasteiger partial charge in [-0.2, -0.15) is 0 Å². The number of aliphatic hydroxyl groups excluding tert-OH is 1. The number of unbranched alkanes of at least 4 members (excludes halogenated alkanes) is 59. The Morgan fingerprint density at radius 2 is 0.449 bits per heavy atom. The Labute approximate surface area is 658 Å². The summed E-state index contributed by atoms with van der Waals surface area (Å²) in [5.41, 5.74) is 0. The molecule has 6 atom stereocenters. The Balaban J connectivity index is 5.19. The molecule has 19 heteroatoms. The maximum absolute atomic E-state index is 13.2. The van der Waals surface area contributed by atoms with E-state index < -0.39 is 97.5 Å². The Morgan fingerprint density at radius 1 is 0.262 bits per heavy atom. The lowest BCUT2D eigenvalue weighted by Crippen LogP contribution is -2.30. The lowest BCUT2D eigenvalue weighted by atomic mass is 9.99. The highest BCUT2D eigenvalue weighted by atomic mass is 31.2. The van der Waals surface area contributed by atoms with Crippen LogP contribution in [0.5, 0.6) is 0 Å². The van der Waals surface area contributed by atoms with Gasteiger partial charge in [0.1, 0.15) is 19.3 Å². The fourth-order valence-electron chi connectivity index (χ4n) is 13.8. The number of phosphoric acid groups is 2. The molecule has 0 aromatic heterocycles. The Hall–Kier alpha value is -1.94. The third-order valence-electron chi connectivity index (χ3n) is 21.1. The van der Waals surface area contributed by atoms with Crippen LogP contribution in [0.3, 0.4) is 0 Å². The van der Waals surface area contributed by atoms with Gasteiger partial charge in [0.05, 0.1) is 26.4 Å². The predicted octanol–water partition coefficient (Wildman–Crippen LogP) is 27.2. The molecule has 0 fully saturated rings. The van der Waals surface area contributed by atoms with Crippen LogP contribution in [0, 0.1) is 5.92 Å². The molecule has 0 bridgehead atoms. The van der Waals surface area contributed by atoms with Gasteiger partial charge in [0, 0.05) is 25.7 Å². The van der Waals surface area contributed by atoms with Crippen LogP contribution in [0.4, 0.5) is 0 Å². The molecule has 0 saturated carbocycles. The van der Waals surface area contributed by atoms with Crippen molar-refractivity contribution in [1.29, 1.82) is 0 Å². The third-order valence-corrected chi connectivity index (χ3v) is 23.0. The molecule has 0 aromatic carbocycles. The maximum Gasteiger partial charge on any atom is 0.472 e. The molecule has 0 aromatic rings. The molecule has 107 heavy (non-hydrogen) atoms. The van der Waals surface area contributed by atoms with E-state index in [4.69, 9.17) is 37.0 Å². The van der Waals surface area contributed by atoms with E-state index in [9.17, 15) is 43.2 Å². The molecule has 0 heterocycles. The first kappa shape index (κ1) is 105. The second-order valence-electron chi connectivity index (χ2n) is 31.9. The second-order valence-corrected chi connectivity index (χ2v) is 34.8. The smallest absolute Gasteiger partial charge is 0.462 e. The molecule has 0 aliphatic heterocycles. The first-order chi connectivity index (χ1) is 52.1. The van der Waals surface area contributed by atoms with Gasteiger partial charge in [0.15, 0.2) is 12.2 Å². The van der Waals surface area contributed by atoms with Crippen LogP contribution in [0.2, 0.25) is 0 Å². The van der Waals surface area contributed by atoms with Crippen LogP contribution in [-0.4, -0.2) is 96.7 Å². The summed E-state index contributed by atoms with van der Waals surface area (Å²) in [6.07, 6.45) is 75.2. The van der Waals surface area contributed by atoms with Gasteiger partial charge in [-0.3, -0.25) is 37.3 Å². The zero-order valence-electron chi connectivity index (χ0n) is 70.3. The number of hydrogen-bond donors (Lipinski definition) is 3. The minimum Gasteiger partial charge on any atom is -0.462 e. The van der Waals surface area contributed by atoms with Crippen LogP contribution in [-0.2, 0) is 65.4 Å². The molecule has 0 aliphatic carbocycles. The first-order valence-corrected chi connectivity index (χ1v) is 48.7. The topological polar surface area (TPSA) is 237 Å². The number of esters is 4. The summed E-state index contributed by atoms with van der Waals surface area (Å²) >= 11 is 0. The van der Waals surface area contributed by atoms with E-state index in [1.165, 1.54) is 302 Å². The lowest BCUT2D eigenvalue weighted by Gasteiger charge is -2.21. The summed E-state index contributed by atoms with van der Waals surface area (Å²) in [4.78, 5) is 73.2. The monoisotopic (exact) mass is 1560 g/mol. The van der Waals surface area contributed by atoms with Crippen molar-refractivity contribution in [2.24, 2.45) is 5.92 Å². The van der Waals surface area contributed by atoms with Crippen LogP contribution in [0.1, 0.15) is 478 Å². The van der Waals surface area contributed by atoms with Gasteiger partial charge in [-0.15, -0.1) is 0 Å². The minimum absolute atomic E-state index is 0.106. The van der Waals surface area contributed by atoms with Gasteiger partial charge in [-0.1, -0.05) is 426 Å². The normalized spacial score (nSPS) is 14.0. The summed E-state index contributed by atoms with van der Waals surface area (Å²) in [7, 11) is -9.93. The van der Waals surface area contributed by atoms with Gasteiger partial charge in [-0.05, 0) is 31.6 Å². The Morgan fingerprint density at radius 3 is 0.664 bits per heavy atom. The van der Waals surface area contributed by atoms with E-state index in [0.29, 0.717) is 25.7 Å². The Bertz CT molecular complexity index is 2030. The number of hydrogen-bond acceptors (Lipinski definition) is 15. The molecule has 0 aliphatic rings. The summed E-state index contributed by atoms with van der Waals surface area (Å²) in [5, 5.41) is 10.7. The van der Waals surface area contributed by atoms with E-state index >= 15 is 0 Å². The first-order valence-electron chi connectivity index (χ1n) is 45.7. The molecule has 3 N–H and O–H groups in total. The Kier molecular flexibility index (Phi) is 79.2. The van der Waals surface area contributed by atoms with Crippen molar-refractivity contribution in [3.63, 3.8) is 0 Å². The summed E-state index contributed by atoms with van der Waals surface area (Å²) in [6, 6.07) is 0. The summed E-state index contributed by atoms with van der Waals surface area (Å²) in [5.74, 6) is -1.33. The van der Waals surface area contributed by atoms with Crippen molar-refractivity contribution in [2.75, 3.05) is 39.6 Å². The van der Waals surface area contributed by atoms with Crippen molar-refractivity contribution in [1.82, 2.24) is 0 Å². The molecule has 636 valence electrons. The molecule has 0 radical (unpaired) electrons. The zero-order chi connectivity index (χ0) is 78.3. The summed E-state index contributed by atoms with van der Waals surface area (Å²) < 4.78 is 68.9. The van der Waals surface area contributed by atoms with E-state index in [2.05, 4.69) is 34.6 Å². The standard InChI is InChI=1S/C88H172O17P2/c1-6-10-13-16-19-22-25-27-29-31-33-35-37-39-41-43-45-48-51-57-62-67-72-86(91)99-77-83(104-87(92)73-68-63-58-52-49-46-44-42-40-38-36-34-32-30-28-26-23-20-17-14-11-7-2)79-102-106(94,95)100-75-82(89)76-101-107(96,97)103-80-84(78-98-85(90)71-66-61-56-50-47-24-21-18-15-12-8-3)105-88(93)74-69-64-59-54-53-55-60-65-70-81(5)9-4/h81-84,89H,6-80H2,1-5H3,(H,94,95)(H,96,97)/t81?,82-,83-,84-/m1/s1. The van der Waals surface area contributed by atoms with Crippen LogP contribution in [0.15, 0.2) is 0 Å². The van der Waals surface area contributed by atoms with E-state index in [0.717, 1.165) is 95.8 Å². The summed E-state index contributed by atoms with van der Waals surface area (Å²) in [6.45, 7) is 7.35. The van der Waals surface area contributed by atoms with E-state index in [1.807, 2.05) is 0 Å². The zero-order valence-corrected chi connectivity index (χ0v) is 72.1. The highest BCUT2D eigenvalue weighted by Crippen LogP contribution is 2.45. The quantitative estimate of drug-likeness (QED) is 0.0222. The number of ether oxygens (including phenoxy) is 4. The molecule has 17 nitrogen and oxygen atoms in total. The third kappa shape index (κ3) is 80.5. The average molecular weight is 1560 g/mol. The SMILES string of the molecule is CCCCCCCCCCCCCCCCCCCCCCCCC(=O)OC[C@H](COP(=O)(O)OC[C@@H](O)COP(=O)(O)OC[C@@H](COC(=O)CCCCCCCCCCCCC)OC(=O)CCCCCCCCCCC(C)CC)OC(=O)CCCCCCCCCCCCCCCCCCCCCCCC. The van der Waals surface area contributed by atoms with Gasteiger partial charge >= 0.3 is 39.5 Å². The number of carbonyl (C=O) groups excluding carboxylic acids is 4. The van der Waals surface area contributed by atoms with Gasteiger partial charge in [0.25, 0.3) is 0 Å². The van der Waals surface area contributed by atoms with Crippen molar-refractivity contribution < 1.29 is 80.2 Å². The number of rotatable bonds is 88.